The van der Waals surface area contributed by atoms with E-state index < -0.39 is 41.6 Å². The Morgan fingerprint density at radius 2 is 1.53 bits per heavy atom. The molecule has 0 radical (unpaired) electrons. The quantitative estimate of drug-likeness (QED) is 0.467. The Labute approximate surface area is 221 Å². The zero-order valence-electron chi connectivity index (χ0n) is 20.9. The minimum absolute atomic E-state index is 0.195. The lowest BCUT2D eigenvalue weighted by Gasteiger charge is -2.40. The van der Waals surface area contributed by atoms with Crippen LogP contribution in [0.1, 0.15) is 52.6 Å². The first-order valence-electron chi connectivity index (χ1n) is 11.1. The molecule has 0 spiro atoms. The summed E-state index contributed by atoms with van der Waals surface area (Å²) < 4.78 is 31.7. The minimum Gasteiger partial charge on any atom is -0.475 e. The molecule has 2 aromatic rings. The van der Waals surface area contributed by atoms with Crippen LogP contribution in [0, 0.1) is 6.92 Å². The summed E-state index contributed by atoms with van der Waals surface area (Å²) in [5.74, 6) is -3.89. The normalized spacial score (nSPS) is 13.9. The maximum atomic E-state index is 12.6. The van der Waals surface area contributed by atoms with Gasteiger partial charge >= 0.3 is 18.2 Å². The molecule has 9 nitrogen and oxygen atoms in total. The first-order valence-corrected chi connectivity index (χ1v) is 11.5. The fraction of sp³-hybridized carbons (Fsp3) is 0.360. The number of hydrogen-bond acceptors (Lipinski definition) is 5. The number of benzene rings is 2. The predicted octanol–water partition coefficient (Wildman–Crippen LogP) is 5.20. The number of carboxylic acids is 1. The summed E-state index contributed by atoms with van der Waals surface area (Å²) >= 11 is 6.38. The average molecular weight is 559 g/mol. The van der Waals surface area contributed by atoms with Crippen molar-refractivity contribution in [2.24, 2.45) is 0 Å². The van der Waals surface area contributed by atoms with Crippen molar-refractivity contribution in [1.29, 1.82) is 0 Å². The molecule has 3 amide bonds. The lowest BCUT2D eigenvalue weighted by atomic mass is 9.98. The SMILES string of the molecule is Cc1ccc(CC(CON2C(=O)c3ccccc3C2=O)N(C(=O)O)C(C)(C)C)c(Cl)c1.O=C(O)C(F)(F)F. The lowest BCUT2D eigenvalue weighted by Crippen LogP contribution is -2.54. The van der Waals surface area contributed by atoms with E-state index in [1.54, 1.807) is 51.1 Å². The number of alkyl halides is 3. The van der Waals surface area contributed by atoms with E-state index in [2.05, 4.69) is 0 Å². The van der Waals surface area contributed by atoms with Crippen molar-refractivity contribution in [2.75, 3.05) is 6.61 Å². The van der Waals surface area contributed by atoms with Gasteiger partial charge in [-0.25, -0.2) is 9.59 Å². The van der Waals surface area contributed by atoms with E-state index in [9.17, 15) is 32.7 Å². The first kappa shape index (κ1) is 30.6. The molecule has 206 valence electrons. The smallest absolute Gasteiger partial charge is 0.475 e. The number of amides is 3. The summed E-state index contributed by atoms with van der Waals surface area (Å²) in [4.78, 5) is 53.1. The predicted molar refractivity (Wildman–Crippen MR) is 130 cm³/mol. The van der Waals surface area contributed by atoms with E-state index in [0.717, 1.165) is 11.1 Å². The summed E-state index contributed by atoms with van der Waals surface area (Å²) in [7, 11) is 0. The number of carbonyl (C=O) groups is 4. The standard InChI is InChI=1S/C23H25ClN2O5.C2HF3O2/c1-14-9-10-15(19(24)11-14)12-16(25(22(29)30)23(2,3)4)13-31-26-20(27)17-7-5-6-8-18(17)21(26)28;3-2(4,5)1(6)7/h5-11,16H,12-13H2,1-4H3,(H,29,30);(H,6,7). The van der Waals surface area contributed by atoms with Crippen molar-refractivity contribution >= 4 is 35.5 Å². The Balaban J connectivity index is 0.000000638. The zero-order chi connectivity index (χ0) is 29.0. The topological polar surface area (TPSA) is 124 Å². The second kappa shape index (κ2) is 11.8. The largest absolute Gasteiger partial charge is 0.490 e. The third kappa shape index (κ3) is 7.45. The van der Waals surface area contributed by atoms with E-state index in [-0.39, 0.29) is 24.2 Å². The summed E-state index contributed by atoms with van der Waals surface area (Å²) in [6.07, 6.45) is -5.96. The van der Waals surface area contributed by atoms with Crippen LogP contribution in [0.5, 0.6) is 0 Å². The highest BCUT2D eigenvalue weighted by Gasteiger charge is 2.40. The number of carbonyl (C=O) groups excluding carboxylic acids is 2. The number of nitrogens with zero attached hydrogens (tertiary/aromatic N) is 2. The molecule has 0 fully saturated rings. The Kier molecular flexibility index (Phi) is 9.51. The molecule has 1 heterocycles. The molecule has 1 atom stereocenters. The number of aliphatic carboxylic acids is 1. The monoisotopic (exact) mass is 558 g/mol. The highest BCUT2D eigenvalue weighted by molar-refractivity contribution is 6.31. The Hall–Kier alpha value is -3.64. The molecule has 3 rings (SSSR count). The lowest BCUT2D eigenvalue weighted by molar-refractivity contribution is -0.192. The number of imide groups is 1. The van der Waals surface area contributed by atoms with Crippen LogP contribution in [-0.4, -0.2) is 68.4 Å². The Bertz CT molecular complexity index is 1190. The first-order chi connectivity index (χ1) is 17.4. The molecule has 0 bridgehead atoms. The van der Waals surface area contributed by atoms with Crippen molar-refractivity contribution < 1.29 is 47.4 Å². The molecule has 0 saturated heterocycles. The maximum absolute atomic E-state index is 12.6. The highest BCUT2D eigenvalue weighted by atomic mass is 35.5. The van der Waals surface area contributed by atoms with Crippen LogP contribution in [0.4, 0.5) is 18.0 Å². The number of hydrogen-bond donors (Lipinski definition) is 2. The summed E-state index contributed by atoms with van der Waals surface area (Å²) in [5, 5.41) is 18.2. The molecule has 1 aliphatic heterocycles. The molecule has 1 unspecified atom stereocenters. The molecule has 0 aromatic heterocycles. The van der Waals surface area contributed by atoms with Crippen molar-refractivity contribution in [3.8, 4) is 0 Å². The average Bonchev–Trinajstić information content (AvgIpc) is 3.02. The molecule has 2 N–H and O–H groups in total. The second-order valence-electron chi connectivity index (χ2n) is 9.33. The van der Waals surface area contributed by atoms with Crippen molar-refractivity contribution in [3.05, 3.63) is 69.7 Å². The maximum Gasteiger partial charge on any atom is 0.490 e. The fourth-order valence-corrected chi connectivity index (χ4v) is 4.04. The van der Waals surface area contributed by atoms with Gasteiger partial charge in [-0.2, -0.15) is 13.2 Å². The molecular weight excluding hydrogens is 533 g/mol. The van der Waals surface area contributed by atoms with Crippen LogP contribution in [0.2, 0.25) is 5.02 Å². The second-order valence-corrected chi connectivity index (χ2v) is 9.73. The summed E-state index contributed by atoms with van der Waals surface area (Å²) in [6.45, 7) is 7.03. The van der Waals surface area contributed by atoms with Crippen molar-refractivity contribution in [3.63, 3.8) is 0 Å². The number of halogens is 4. The Morgan fingerprint density at radius 3 is 1.92 bits per heavy atom. The molecule has 0 saturated carbocycles. The van der Waals surface area contributed by atoms with Gasteiger partial charge in [-0.3, -0.25) is 19.3 Å². The molecule has 0 aliphatic carbocycles. The third-order valence-corrected chi connectivity index (χ3v) is 5.71. The van der Waals surface area contributed by atoms with Crippen molar-refractivity contribution in [2.45, 2.75) is 51.9 Å². The van der Waals surface area contributed by atoms with Gasteiger partial charge in [0.2, 0.25) is 0 Å². The number of fused-ring (bicyclic) bond motifs is 1. The van der Waals surface area contributed by atoms with Gasteiger partial charge in [-0.15, -0.1) is 5.06 Å². The molecule has 38 heavy (non-hydrogen) atoms. The van der Waals surface area contributed by atoms with Gasteiger partial charge in [0.05, 0.1) is 23.8 Å². The highest BCUT2D eigenvalue weighted by Crippen LogP contribution is 2.27. The van der Waals surface area contributed by atoms with Crippen LogP contribution >= 0.6 is 11.6 Å². The van der Waals surface area contributed by atoms with Gasteiger partial charge in [-0.1, -0.05) is 35.9 Å². The van der Waals surface area contributed by atoms with Crippen molar-refractivity contribution in [1.82, 2.24) is 9.96 Å². The number of rotatable bonds is 6. The number of hydroxylamine groups is 2. The van der Waals surface area contributed by atoms with Gasteiger partial charge in [0, 0.05) is 10.6 Å². The fourth-order valence-electron chi connectivity index (χ4n) is 3.73. The van der Waals surface area contributed by atoms with Gasteiger partial charge in [0.1, 0.15) is 0 Å². The van der Waals surface area contributed by atoms with Crippen LogP contribution in [0.15, 0.2) is 42.5 Å². The number of aryl methyl sites for hydroxylation is 1. The third-order valence-electron chi connectivity index (χ3n) is 5.35. The summed E-state index contributed by atoms with van der Waals surface area (Å²) in [6, 6.07) is 11.3. The van der Waals surface area contributed by atoms with Gasteiger partial charge in [-0.05, 0) is 63.4 Å². The summed E-state index contributed by atoms with van der Waals surface area (Å²) in [5.41, 5.74) is 1.50. The Morgan fingerprint density at radius 1 is 1.03 bits per heavy atom. The molecule has 2 aromatic carbocycles. The van der Waals surface area contributed by atoms with Crippen LogP contribution in [0.25, 0.3) is 0 Å². The van der Waals surface area contributed by atoms with E-state index in [0.29, 0.717) is 10.1 Å². The van der Waals surface area contributed by atoms with Gasteiger partial charge in [0.15, 0.2) is 0 Å². The zero-order valence-corrected chi connectivity index (χ0v) is 21.6. The minimum atomic E-state index is -5.08. The van der Waals surface area contributed by atoms with Gasteiger partial charge < -0.3 is 10.2 Å². The molecular formula is C25H26ClF3N2O7. The number of carboxylic acid groups (broad SMARTS) is 2. The van der Waals surface area contributed by atoms with E-state index in [1.165, 1.54) is 4.90 Å². The van der Waals surface area contributed by atoms with Crippen LogP contribution in [0.3, 0.4) is 0 Å². The van der Waals surface area contributed by atoms with Crippen LogP contribution < -0.4 is 0 Å². The van der Waals surface area contributed by atoms with E-state index >= 15 is 0 Å². The van der Waals surface area contributed by atoms with E-state index in [4.69, 9.17) is 26.3 Å². The van der Waals surface area contributed by atoms with Crippen LogP contribution in [-0.2, 0) is 16.1 Å². The molecule has 13 heteroatoms. The van der Waals surface area contributed by atoms with Gasteiger partial charge in [0.25, 0.3) is 11.8 Å². The molecule has 1 aliphatic rings. The van der Waals surface area contributed by atoms with E-state index in [1.807, 2.05) is 19.1 Å².